The fraction of sp³-hybridized carbons (Fsp3) is 0.357. The summed E-state index contributed by atoms with van der Waals surface area (Å²) in [6, 6.07) is 5.13. The summed E-state index contributed by atoms with van der Waals surface area (Å²) in [6.07, 6.45) is 0. The van der Waals surface area contributed by atoms with E-state index in [0.29, 0.717) is 17.1 Å². The maximum Gasteiger partial charge on any atom is 0.354 e. The Morgan fingerprint density at radius 1 is 1.43 bits per heavy atom. The van der Waals surface area contributed by atoms with E-state index in [9.17, 15) is 10.1 Å². The van der Waals surface area contributed by atoms with Gasteiger partial charge in [0.05, 0.1) is 4.92 Å². The van der Waals surface area contributed by atoms with Crippen LogP contribution in [0.4, 0.5) is 11.4 Å². The predicted octanol–water partition coefficient (Wildman–Crippen LogP) is 3.13. The first-order valence-electron chi connectivity index (χ1n) is 6.56. The summed E-state index contributed by atoms with van der Waals surface area (Å²) in [5.41, 5.74) is 7.42. The SMILES string of the molecule is Cc1cc(N)ccc1Oc1c([N+](=O)[O-])c(C(C)C)nn1C. The minimum absolute atomic E-state index is 0.0681. The number of nitro groups is 1. The molecule has 112 valence electrons. The molecule has 1 aromatic carbocycles. The van der Waals surface area contributed by atoms with Crippen molar-refractivity contribution in [1.82, 2.24) is 9.78 Å². The van der Waals surface area contributed by atoms with Gasteiger partial charge in [-0.1, -0.05) is 13.8 Å². The molecule has 1 aromatic heterocycles. The highest BCUT2D eigenvalue weighted by atomic mass is 16.6. The molecule has 0 saturated carbocycles. The molecule has 0 fully saturated rings. The van der Waals surface area contributed by atoms with Crippen LogP contribution in [0.3, 0.4) is 0 Å². The molecule has 2 N–H and O–H groups in total. The Bertz CT molecular complexity index is 692. The third kappa shape index (κ3) is 2.81. The van der Waals surface area contributed by atoms with Crippen molar-refractivity contribution in [1.29, 1.82) is 0 Å². The van der Waals surface area contributed by atoms with Crippen LogP contribution in [0.15, 0.2) is 18.2 Å². The Hall–Kier alpha value is -2.57. The smallest absolute Gasteiger partial charge is 0.354 e. The summed E-state index contributed by atoms with van der Waals surface area (Å²) >= 11 is 0. The largest absolute Gasteiger partial charge is 0.434 e. The molecule has 0 aliphatic rings. The Labute approximate surface area is 122 Å². The maximum atomic E-state index is 11.3. The first-order chi connectivity index (χ1) is 9.81. The zero-order valence-electron chi connectivity index (χ0n) is 12.5. The molecular weight excluding hydrogens is 272 g/mol. The number of benzene rings is 1. The number of hydrogen-bond donors (Lipinski definition) is 1. The number of nitrogen functional groups attached to an aromatic ring is 1. The van der Waals surface area contributed by atoms with Crippen molar-refractivity contribution in [3.8, 4) is 11.6 Å². The van der Waals surface area contributed by atoms with E-state index in [1.54, 1.807) is 25.2 Å². The highest BCUT2D eigenvalue weighted by Crippen LogP contribution is 2.38. The molecule has 0 aliphatic carbocycles. The Kier molecular flexibility index (Phi) is 3.84. The lowest BCUT2D eigenvalue weighted by molar-refractivity contribution is -0.386. The van der Waals surface area contributed by atoms with E-state index in [2.05, 4.69) is 5.10 Å². The highest BCUT2D eigenvalue weighted by Gasteiger charge is 2.30. The van der Waals surface area contributed by atoms with Crippen molar-refractivity contribution in [3.05, 3.63) is 39.6 Å². The van der Waals surface area contributed by atoms with E-state index >= 15 is 0 Å². The summed E-state index contributed by atoms with van der Waals surface area (Å²) in [5, 5.41) is 15.5. The molecule has 7 nitrogen and oxygen atoms in total. The van der Waals surface area contributed by atoms with Crippen LogP contribution in [-0.4, -0.2) is 14.7 Å². The second kappa shape index (κ2) is 5.43. The topological polar surface area (TPSA) is 96.2 Å². The number of anilines is 1. The lowest BCUT2D eigenvalue weighted by atomic mass is 10.1. The first kappa shape index (κ1) is 14.8. The first-order valence-corrected chi connectivity index (χ1v) is 6.56. The molecule has 0 radical (unpaired) electrons. The van der Waals surface area contributed by atoms with Crippen LogP contribution in [0, 0.1) is 17.0 Å². The molecule has 0 aliphatic heterocycles. The van der Waals surface area contributed by atoms with Gasteiger partial charge < -0.3 is 10.5 Å². The summed E-state index contributed by atoms with van der Waals surface area (Å²) in [7, 11) is 1.63. The second-order valence-corrected chi connectivity index (χ2v) is 5.20. The van der Waals surface area contributed by atoms with Crippen molar-refractivity contribution in [2.24, 2.45) is 7.05 Å². The van der Waals surface area contributed by atoms with Crippen LogP contribution in [0.5, 0.6) is 11.6 Å². The van der Waals surface area contributed by atoms with E-state index in [-0.39, 0.29) is 17.5 Å². The molecule has 21 heavy (non-hydrogen) atoms. The molecule has 2 aromatic rings. The highest BCUT2D eigenvalue weighted by molar-refractivity contribution is 5.52. The van der Waals surface area contributed by atoms with Gasteiger partial charge in [-0.3, -0.25) is 10.1 Å². The average molecular weight is 290 g/mol. The molecule has 7 heteroatoms. The van der Waals surface area contributed by atoms with Crippen molar-refractivity contribution in [2.45, 2.75) is 26.7 Å². The number of ether oxygens (including phenoxy) is 1. The van der Waals surface area contributed by atoms with Gasteiger partial charge in [-0.2, -0.15) is 5.10 Å². The third-order valence-corrected chi connectivity index (χ3v) is 3.13. The predicted molar refractivity (Wildman–Crippen MR) is 79.6 cm³/mol. The van der Waals surface area contributed by atoms with Crippen LogP contribution in [-0.2, 0) is 7.05 Å². The summed E-state index contributed by atoms with van der Waals surface area (Å²) in [6.45, 7) is 5.54. The van der Waals surface area contributed by atoms with E-state index < -0.39 is 4.92 Å². The van der Waals surface area contributed by atoms with Gasteiger partial charge in [-0.15, -0.1) is 0 Å². The molecule has 0 spiro atoms. The monoisotopic (exact) mass is 290 g/mol. The molecule has 0 unspecified atom stereocenters. The normalized spacial score (nSPS) is 10.9. The van der Waals surface area contributed by atoms with Gasteiger partial charge in [0.15, 0.2) is 0 Å². The summed E-state index contributed by atoms with van der Waals surface area (Å²) < 4.78 is 7.11. The number of aromatic nitrogens is 2. The molecule has 0 amide bonds. The van der Waals surface area contributed by atoms with Crippen molar-refractivity contribution < 1.29 is 9.66 Å². The van der Waals surface area contributed by atoms with Crippen LogP contribution in [0.2, 0.25) is 0 Å². The van der Waals surface area contributed by atoms with E-state index in [0.717, 1.165) is 5.56 Å². The number of hydrogen-bond acceptors (Lipinski definition) is 5. The molecule has 1 heterocycles. The van der Waals surface area contributed by atoms with Gasteiger partial charge in [-0.25, -0.2) is 4.68 Å². The zero-order chi connectivity index (χ0) is 15.7. The minimum atomic E-state index is -0.454. The standard InChI is InChI=1S/C14H18N4O3/c1-8(2)12-13(18(19)20)14(17(4)16-12)21-11-6-5-10(15)7-9(11)3/h5-8H,15H2,1-4H3. The molecule has 2 rings (SSSR count). The zero-order valence-corrected chi connectivity index (χ0v) is 12.5. The number of rotatable bonds is 4. The van der Waals surface area contributed by atoms with Gasteiger partial charge in [0.1, 0.15) is 11.4 Å². The lowest BCUT2D eigenvalue weighted by Gasteiger charge is -2.08. The van der Waals surface area contributed by atoms with Crippen LogP contribution in [0.25, 0.3) is 0 Å². The minimum Gasteiger partial charge on any atom is -0.434 e. The van der Waals surface area contributed by atoms with Gasteiger partial charge in [0.2, 0.25) is 0 Å². The van der Waals surface area contributed by atoms with Crippen molar-refractivity contribution in [2.75, 3.05) is 5.73 Å². The van der Waals surface area contributed by atoms with Gasteiger partial charge >= 0.3 is 5.69 Å². The Morgan fingerprint density at radius 2 is 2.10 bits per heavy atom. The molecule has 0 saturated heterocycles. The number of nitrogens with two attached hydrogens (primary N) is 1. The molecular formula is C14H18N4O3. The fourth-order valence-corrected chi connectivity index (χ4v) is 2.08. The van der Waals surface area contributed by atoms with Crippen LogP contribution in [0.1, 0.15) is 31.0 Å². The Balaban J connectivity index is 2.51. The average Bonchev–Trinajstić information content (AvgIpc) is 2.70. The maximum absolute atomic E-state index is 11.3. The molecule has 0 atom stereocenters. The van der Waals surface area contributed by atoms with E-state index in [1.165, 1.54) is 4.68 Å². The third-order valence-electron chi connectivity index (χ3n) is 3.13. The second-order valence-electron chi connectivity index (χ2n) is 5.20. The molecule has 0 bridgehead atoms. The Morgan fingerprint density at radius 3 is 2.62 bits per heavy atom. The van der Waals surface area contributed by atoms with E-state index in [1.807, 2.05) is 20.8 Å². The van der Waals surface area contributed by atoms with Crippen molar-refractivity contribution >= 4 is 11.4 Å². The van der Waals surface area contributed by atoms with Crippen molar-refractivity contribution in [3.63, 3.8) is 0 Å². The van der Waals surface area contributed by atoms with Crippen LogP contribution >= 0.6 is 0 Å². The van der Waals surface area contributed by atoms with E-state index in [4.69, 9.17) is 10.5 Å². The summed E-state index contributed by atoms with van der Waals surface area (Å²) in [5.74, 6) is 0.573. The fourth-order valence-electron chi connectivity index (χ4n) is 2.08. The van der Waals surface area contributed by atoms with Gasteiger partial charge in [0.25, 0.3) is 5.88 Å². The number of aryl methyl sites for hydroxylation is 2. The quantitative estimate of drug-likeness (QED) is 0.530. The van der Waals surface area contributed by atoms with Gasteiger partial charge in [0, 0.05) is 18.7 Å². The lowest BCUT2D eigenvalue weighted by Crippen LogP contribution is -1.99. The summed E-state index contributed by atoms with van der Waals surface area (Å²) in [4.78, 5) is 10.9. The van der Waals surface area contributed by atoms with Gasteiger partial charge in [-0.05, 0) is 30.7 Å². The van der Waals surface area contributed by atoms with Crippen LogP contribution < -0.4 is 10.5 Å². The number of nitrogens with zero attached hydrogens (tertiary/aromatic N) is 3.